The Labute approximate surface area is 168 Å². The van der Waals surface area contributed by atoms with Crippen LogP contribution in [-0.2, 0) is 14.8 Å². The van der Waals surface area contributed by atoms with Crippen LogP contribution in [0.4, 0.5) is 11.4 Å². The highest BCUT2D eigenvalue weighted by molar-refractivity contribution is 7.92. The van der Waals surface area contributed by atoms with Crippen molar-refractivity contribution < 1.29 is 17.9 Å². The molecule has 0 saturated heterocycles. The third-order valence-corrected chi connectivity index (χ3v) is 5.61. The molecule has 3 rings (SSSR count). The number of H-pyrrole nitrogens is 1. The molecule has 152 valence electrons. The molecule has 2 heterocycles. The number of amides is 1. The number of ether oxygens (including phenoxy) is 1. The molecule has 9 nitrogen and oxygen atoms in total. The van der Waals surface area contributed by atoms with Gasteiger partial charge in [-0.15, -0.1) is 0 Å². The van der Waals surface area contributed by atoms with Crippen LogP contribution in [0.1, 0.15) is 17.0 Å². The van der Waals surface area contributed by atoms with Crippen molar-refractivity contribution in [2.24, 2.45) is 0 Å². The van der Waals surface area contributed by atoms with Crippen LogP contribution in [-0.4, -0.2) is 36.1 Å². The van der Waals surface area contributed by atoms with E-state index in [0.717, 1.165) is 5.56 Å². The molecule has 0 fully saturated rings. The molecule has 0 spiro atoms. The van der Waals surface area contributed by atoms with Gasteiger partial charge >= 0.3 is 0 Å². The van der Waals surface area contributed by atoms with E-state index >= 15 is 0 Å². The van der Waals surface area contributed by atoms with E-state index in [1.165, 1.54) is 6.07 Å². The predicted molar refractivity (Wildman–Crippen MR) is 108 cm³/mol. The summed E-state index contributed by atoms with van der Waals surface area (Å²) in [6.07, 6.45) is 3.14. The van der Waals surface area contributed by atoms with Crippen LogP contribution in [0.2, 0.25) is 0 Å². The summed E-state index contributed by atoms with van der Waals surface area (Å²) >= 11 is 0. The molecule has 1 aromatic carbocycles. The van der Waals surface area contributed by atoms with Gasteiger partial charge in [0.2, 0.25) is 0 Å². The maximum absolute atomic E-state index is 12.7. The lowest BCUT2D eigenvalue weighted by atomic mass is 10.2. The Kier molecular flexibility index (Phi) is 5.83. The van der Waals surface area contributed by atoms with Gasteiger partial charge < -0.3 is 10.1 Å². The number of hydrogen-bond donors (Lipinski definition) is 3. The SMILES string of the molecule is Cc1cc(NS(=O)(=O)c2c(C)n[nH]c2C)cc(OCC(=O)Nc2ccncc2)c1. The number of benzene rings is 1. The predicted octanol–water partition coefficient (Wildman–Crippen LogP) is 2.55. The van der Waals surface area contributed by atoms with Crippen molar-refractivity contribution in [3.05, 3.63) is 59.7 Å². The lowest BCUT2D eigenvalue weighted by Gasteiger charge is -2.12. The fraction of sp³-hybridized carbons (Fsp3) is 0.211. The number of hydrogen-bond acceptors (Lipinski definition) is 6. The summed E-state index contributed by atoms with van der Waals surface area (Å²) in [5.74, 6) is 0.0256. The zero-order valence-corrected chi connectivity index (χ0v) is 17.0. The number of aromatic nitrogens is 3. The molecule has 3 N–H and O–H groups in total. The zero-order chi connectivity index (χ0) is 21.0. The van der Waals surface area contributed by atoms with E-state index in [0.29, 0.717) is 28.5 Å². The first-order chi connectivity index (χ1) is 13.7. The summed E-state index contributed by atoms with van der Waals surface area (Å²) in [6.45, 7) is 4.83. The van der Waals surface area contributed by atoms with E-state index in [-0.39, 0.29) is 17.4 Å². The Bertz CT molecular complexity index is 1110. The van der Waals surface area contributed by atoms with Crippen molar-refractivity contribution in [2.75, 3.05) is 16.6 Å². The Balaban J connectivity index is 1.70. The monoisotopic (exact) mass is 415 g/mol. The Hall–Kier alpha value is -3.40. The lowest BCUT2D eigenvalue weighted by Crippen LogP contribution is -2.20. The summed E-state index contributed by atoms with van der Waals surface area (Å²) in [4.78, 5) is 16.0. The molecule has 0 aliphatic rings. The summed E-state index contributed by atoms with van der Waals surface area (Å²) in [7, 11) is -3.82. The molecule has 10 heteroatoms. The second-order valence-electron chi connectivity index (χ2n) is 6.48. The van der Waals surface area contributed by atoms with E-state index in [1.807, 2.05) is 0 Å². The number of sulfonamides is 1. The number of anilines is 2. The van der Waals surface area contributed by atoms with Gasteiger partial charge in [0, 0.05) is 24.1 Å². The summed E-state index contributed by atoms with van der Waals surface area (Å²) in [6, 6.07) is 8.24. The Morgan fingerprint density at radius 2 is 1.83 bits per heavy atom. The van der Waals surface area contributed by atoms with Gasteiger partial charge in [-0.1, -0.05) is 0 Å². The fourth-order valence-electron chi connectivity index (χ4n) is 2.81. The first kappa shape index (κ1) is 20.3. The van der Waals surface area contributed by atoms with Gasteiger partial charge in [-0.25, -0.2) is 8.42 Å². The van der Waals surface area contributed by atoms with Gasteiger partial charge in [0.05, 0.1) is 17.1 Å². The minimum Gasteiger partial charge on any atom is -0.484 e. The average Bonchev–Trinajstić information content (AvgIpc) is 2.99. The van der Waals surface area contributed by atoms with Gasteiger partial charge in [-0.3, -0.25) is 19.6 Å². The van der Waals surface area contributed by atoms with Crippen LogP contribution in [0.15, 0.2) is 47.6 Å². The van der Waals surface area contributed by atoms with Crippen LogP contribution in [0, 0.1) is 20.8 Å². The number of pyridine rings is 1. The summed E-state index contributed by atoms with van der Waals surface area (Å²) < 4.78 is 33.5. The molecule has 0 saturated carbocycles. The maximum atomic E-state index is 12.7. The highest BCUT2D eigenvalue weighted by Crippen LogP contribution is 2.25. The van der Waals surface area contributed by atoms with E-state index in [4.69, 9.17) is 4.74 Å². The van der Waals surface area contributed by atoms with Crippen molar-refractivity contribution in [2.45, 2.75) is 25.7 Å². The van der Waals surface area contributed by atoms with Crippen LogP contribution in [0.5, 0.6) is 5.75 Å². The summed E-state index contributed by atoms with van der Waals surface area (Å²) in [5, 5.41) is 9.27. The van der Waals surface area contributed by atoms with Crippen molar-refractivity contribution in [1.82, 2.24) is 15.2 Å². The van der Waals surface area contributed by atoms with Crippen molar-refractivity contribution in [3.63, 3.8) is 0 Å². The van der Waals surface area contributed by atoms with E-state index in [2.05, 4.69) is 25.2 Å². The fourth-order valence-corrected chi connectivity index (χ4v) is 4.23. The maximum Gasteiger partial charge on any atom is 0.265 e. The number of aromatic amines is 1. The molecule has 29 heavy (non-hydrogen) atoms. The van der Waals surface area contributed by atoms with Gasteiger partial charge in [-0.2, -0.15) is 5.10 Å². The summed E-state index contributed by atoms with van der Waals surface area (Å²) in [5.41, 5.74) is 2.54. The Morgan fingerprint density at radius 1 is 1.10 bits per heavy atom. The molecule has 3 aromatic rings. The quantitative estimate of drug-likeness (QED) is 0.544. The largest absolute Gasteiger partial charge is 0.484 e. The first-order valence-corrected chi connectivity index (χ1v) is 10.2. The minimum absolute atomic E-state index is 0.109. The van der Waals surface area contributed by atoms with Crippen LogP contribution in [0.3, 0.4) is 0 Å². The third-order valence-electron chi connectivity index (χ3n) is 3.97. The van der Waals surface area contributed by atoms with Gasteiger partial charge in [0.1, 0.15) is 10.6 Å². The molecule has 0 radical (unpaired) electrons. The van der Waals surface area contributed by atoms with E-state index in [1.54, 1.807) is 57.4 Å². The highest BCUT2D eigenvalue weighted by Gasteiger charge is 2.22. The number of carbonyl (C=O) groups is 1. The van der Waals surface area contributed by atoms with Crippen LogP contribution < -0.4 is 14.8 Å². The first-order valence-electron chi connectivity index (χ1n) is 8.73. The molecule has 0 aliphatic heterocycles. The molecule has 0 bridgehead atoms. The molecular formula is C19H21N5O4S. The second kappa shape index (κ2) is 8.31. The standard InChI is InChI=1S/C19H21N5O4S/c1-12-8-16(24-29(26,27)19-13(2)22-23-14(19)3)10-17(9-12)28-11-18(25)21-15-4-6-20-7-5-15/h4-10,24H,11H2,1-3H3,(H,22,23)(H,20,21,25). The third kappa shape index (κ3) is 5.11. The van der Waals surface area contributed by atoms with E-state index < -0.39 is 10.0 Å². The van der Waals surface area contributed by atoms with Gasteiger partial charge in [0.25, 0.3) is 15.9 Å². The molecule has 0 unspecified atom stereocenters. The molecule has 1 amide bonds. The zero-order valence-electron chi connectivity index (χ0n) is 16.2. The number of aryl methyl sites for hydroxylation is 3. The van der Waals surface area contributed by atoms with Crippen molar-refractivity contribution >= 4 is 27.3 Å². The number of rotatable bonds is 7. The molecule has 2 aromatic heterocycles. The van der Waals surface area contributed by atoms with E-state index in [9.17, 15) is 13.2 Å². The number of carbonyl (C=O) groups excluding carboxylic acids is 1. The topological polar surface area (TPSA) is 126 Å². The second-order valence-corrected chi connectivity index (χ2v) is 8.10. The minimum atomic E-state index is -3.82. The van der Waals surface area contributed by atoms with Crippen LogP contribution in [0.25, 0.3) is 0 Å². The van der Waals surface area contributed by atoms with Crippen molar-refractivity contribution in [1.29, 1.82) is 0 Å². The Morgan fingerprint density at radius 3 is 2.48 bits per heavy atom. The number of nitrogens with zero attached hydrogens (tertiary/aromatic N) is 2. The smallest absolute Gasteiger partial charge is 0.265 e. The van der Waals surface area contributed by atoms with Crippen molar-refractivity contribution in [3.8, 4) is 5.75 Å². The molecular weight excluding hydrogens is 394 g/mol. The van der Waals surface area contributed by atoms with Gasteiger partial charge in [0.15, 0.2) is 6.61 Å². The van der Waals surface area contributed by atoms with Crippen LogP contribution >= 0.6 is 0 Å². The van der Waals surface area contributed by atoms with Gasteiger partial charge in [-0.05, 0) is 50.6 Å². The highest BCUT2D eigenvalue weighted by atomic mass is 32.2. The molecule has 0 aliphatic carbocycles. The lowest BCUT2D eigenvalue weighted by molar-refractivity contribution is -0.118. The number of nitrogens with one attached hydrogen (secondary N) is 3. The average molecular weight is 415 g/mol. The molecule has 0 atom stereocenters. The normalized spacial score (nSPS) is 11.1.